The number of rotatable bonds is 5. The van der Waals surface area contributed by atoms with E-state index in [1.165, 1.54) is 27.7 Å². The van der Waals surface area contributed by atoms with Crippen LogP contribution in [0.15, 0.2) is 48.5 Å². The number of hydrogen-bond donors (Lipinski definition) is 1. The lowest BCUT2D eigenvalue weighted by molar-refractivity contribution is 0.293. The molecule has 3 aromatic rings. The Morgan fingerprint density at radius 2 is 1.87 bits per heavy atom. The number of hydrogen-bond acceptors (Lipinski definition) is 2. The zero-order valence-corrected chi connectivity index (χ0v) is 14.0. The summed E-state index contributed by atoms with van der Waals surface area (Å²) in [6.45, 7) is 7.57. The van der Waals surface area contributed by atoms with Crippen LogP contribution in [0.3, 0.4) is 0 Å². The summed E-state index contributed by atoms with van der Waals surface area (Å²) in [6, 6.07) is 17.0. The zero-order valence-electron chi connectivity index (χ0n) is 14.0. The molecule has 0 aliphatic heterocycles. The second kappa shape index (κ2) is 6.47. The molecule has 3 heteroatoms. The molecule has 2 aromatic carbocycles. The minimum absolute atomic E-state index is 0.358. The second-order valence-electron chi connectivity index (χ2n) is 6.26. The van der Waals surface area contributed by atoms with Crippen LogP contribution in [0.1, 0.15) is 36.7 Å². The van der Waals surface area contributed by atoms with Gasteiger partial charge in [0, 0.05) is 18.0 Å². The number of benzene rings is 2. The molecule has 0 amide bonds. The number of aryl methyl sites for hydroxylation is 1. The Kier molecular flexibility index (Phi) is 4.39. The number of para-hydroxylation sites is 1. The summed E-state index contributed by atoms with van der Waals surface area (Å²) in [5, 5.41) is 1.23. The molecule has 3 nitrogen and oxygen atoms in total. The summed E-state index contributed by atoms with van der Waals surface area (Å²) < 4.78 is 8.36. The zero-order chi connectivity index (χ0) is 16.4. The first kappa shape index (κ1) is 15.6. The lowest BCUT2D eigenvalue weighted by Gasteiger charge is -2.17. The molecular formula is C20H24N2O. The van der Waals surface area contributed by atoms with Crippen LogP contribution < -0.4 is 10.5 Å². The lowest BCUT2D eigenvalue weighted by Crippen LogP contribution is -2.10. The van der Waals surface area contributed by atoms with E-state index in [0.29, 0.717) is 19.2 Å². The van der Waals surface area contributed by atoms with E-state index in [1.54, 1.807) is 0 Å². The number of ether oxygens (including phenoxy) is 1. The van der Waals surface area contributed by atoms with Gasteiger partial charge in [0.25, 0.3) is 0 Å². The van der Waals surface area contributed by atoms with Gasteiger partial charge in [-0.25, -0.2) is 0 Å². The predicted octanol–water partition coefficient (Wildman–Crippen LogP) is 4.57. The quantitative estimate of drug-likeness (QED) is 0.750. The molecule has 120 valence electrons. The van der Waals surface area contributed by atoms with Crippen molar-refractivity contribution in [3.05, 3.63) is 65.4 Å². The van der Waals surface area contributed by atoms with E-state index >= 15 is 0 Å². The summed E-state index contributed by atoms with van der Waals surface area (Å²) in [4.78, 5) is 0. The number of aromatic nitrogens is 1. The molecule has 0 saturated heterocycles. The molecule has 0 saturated carbocycles. The van der Waals surface area contributed by atoms with Gasteiger partial charge < -0.3 is 15.0 Å². The van der Waals surface area contributed by atoms with Gasteiger partial charge in [-0.3, -0.25) is 0 Å². The van der Waals surface area contributed by atoms with E-state index in [1.807, 2.05) is 12.1 Å². The summed E-state index contributed by atoms with van der Waals surface area (Å²) >= 11 is 0. The maximum Gasteiger partial charge on any atom is 0.128 e. The third-order valence-corrected chi connectivity index (χ3v) is 4.14. The maximum atomic E-state index is 6.01. The summed E-state index contributed by atoms with van der Waals surface area (Å²) in [6.07, 6.45) is 0. The highest BCUT2D eigenvalue weighted by Gasteiger charge is 2.14. The van der Waals surface area contributed by atoms with Crippen molar-refractivity contribution in [2.75, 3.05) is 0 Å². The highest BCUT2D eigenvalue weighted by Crippen LogP contribution is 2.28. The van der Waals surface area contributed by atoms with E-state index in [0.717, 1.165) is 5.75 Å². The number of nitrogens with zero attached hydrogens (tertiary/aromatic N) is 1. The summed E-state index contributed by atoms with van der Waals surface area (Å²) in [5.41, 5.74) is 10.7. The molecule has 1 heterocycles. The van der Waals surface area contributed by atoms with Gasteiger partial charge in [0.15, 0.2) is 0 Å². The van der Waals surface area contributed by atoms with E-state index in [4.69, 9.17) is 10.5 Å². The highest BCUT2D eigenvalue weighted by molar-refractivity contribution is 5.84. The summed E-state index contributed by atoms with van der Waals surface area (Å²) in [7, 11) is 0. The minimum Gasteiger partial charge on any atom is -0.487 e. The van der Waals surface area contributed by atoms with Crippen LogP contribution in [0, 0.1) is 6.92 Å². The average Bonchev–Trinajstić information content (AvgIpc) is 2.91. The van der Waals surface area contributed by atoms with Crippen LogP contribution in [0.5, 0.6) is 5.75 Å². The van der Waals surface area contributed by atoms with Crippen LogP contribution >= 0.6 is 0 Å². The largest absolute Gasteiger partial charge is 0.487 e. The Balaban J connectivity index is 1.98. The summed E-state index contributed by atoms with van der Waals surface area (Å²) in [5.74, 6) is 0.907. The molecule has 0 radical (unpaired) electrons. The molecule has 23 heavy (non-hydrogen) atoms. The predicted molar refractivity (Wildman–Crippen MR) is 95.7 cm³/mol. The van der Waals surface area contributed by atoms with Crippen LogP contribution in [-0.4, -0.2) is 4.57 Å². The van der Waals surface area contributed by atoms with Gasteiger partial charge in [-0.05, 0) is 50.1 Å². The third-order valence-electron chi connectivity index (χ3n) is 4.14. The smallest absolute Gasteiger partial charge is 0.128 e. The molecule has 0 atom stereocenters. The van der Waals surface area contributed by atoms with Crippen molar-refractivity contribution in [1.82, 2.24) is 4.57 Å². The molecule has 0 spiro atoms. The molecular weight excluding hydrogens is 284 g/mol. The van der Waals surface area contributed by atoms with Gasteiger partial charge in [-0.15, -0.1) is 0 Å². The average molecular weight is 308 g/mol. The Bertz CT molecular complexity index is 818. The Labute approximate surface area is 137 Å². The lowest BCUT2D eigenvalue weighted by atomic mass is 10.1. The fraction of sp³-hybridized carbons (Fsp3) is 0.300. The van der Waals surface area contributed by atoms with Crippen molar-refractivity contribution in [3.63, 3.8) is 0 Å². The Morgan fingerprint density at radius 1 is 1.09 bits per heavy atom. The SMILES string of the molecule is Cc1cccc(OCc2cc3cccc(CN)c3n2C(C)C)c1. The number of nitrogens with two attached hydrogens (primary N) is 1. The molecule has 2 N–H and O–H groups in total. The molecule has 0 aliphatic rings. The first-order valence-electron chi connectivity index (χ1n) is 8.11. The van der Waals surface area contributed by atoms with E-state index in [-0.39, 0.29) is 0 Å². The van der Waals surface area contributed by atoms with E-state index in [9.17, 15) is 0 Å². The van der Waals surface area contributed by atoms with Gasteiger partial charge in [0.05, 0.1) is 11.2 Å². The highest BCUT2D eigenvalue weighted by atomic mass is 16.5. The third kappa shape index (κ3) is 3.10. The molecule has 0 unspecified atom stereocenters. The van der Waals surface area contributed by atoms with E-state index < -0.39 is 0 Å². The van der Waals surface area contributed by atoms with Crippen molar-refractivity contribution in [1.29, 1.82) is 0 Å². The second-order valence-corrected chi connectivity index (χ2v) is 6.26. The molecule has 1 aromatic heterocycles. The fourth-order valence-electron chi connectivity index (χ4n) is 3.14. The normalized spacial score (nSPS) is 11.3. The monoisotopic (exact) mass is 308 g/mol. The van der Waals surface area contributed by atoms with Gasteiger partial charge in [0.2, 0.25) is 0 Å². The van der Waals surface area contributed by atoms with Gasteiger partial charge in [0.1, 0.15) is 12.4 Å². The first-order chi connectivity index (χ1) is 11.1. The van der Waals surface area contributed by atoms with Crippen molar-refractivity contribution < 1.29 is 4.74 Å². The number of fused-ring (bicyclic) bond motifs is 1. The molecule has 0 fully saturated rings. The topological polar surface area (TPSA) is 40.2 Å². The molecule has 0 bridgehead atoms. The standard InChI is InChI=1S/C20H24N2O/c1-14(2)22-18(13-23-19-9-4-6-15(3)10-19)11-16-7-5-8-17(12-21)20(16)22/h4-11,14H,12-13,21H2,1-3H3. The van der Waals surface area contributed by atoms with Crippen molar-refractivity contribution >= 4 is 10.9 Å². The fourth-order valence-corrected chi connectivity index (χ4v) is 3.14. The molecule has 0 aliphatic carbocycles. The van der Waals surface area contributed by atoms with Gasteiger partial charge in [-0.2, -0.15) is 0 Å². The minimum atomic E-state index is 0.358. The van der Waals surface area contributed by atoms with Gasteiger partial charge in [-0.1, -0.05) is 30.3 Å². The van der Waals surface area contributed by atoms with Crippen LogP contribution in [-0.2, 0) is 13.2 Å². The molecule has 3 rings (SSSR count). The van der Waals surface area contributed by atoms with Crippen LogP contribution in [0.2, 0.25) is 0 Å². The van der Waals surface area contributed by atoms with Crippen molar-refractivity contribution in [2.24, 2.45) is 5.73 Å². The van der Waals surface area contributed by atoms with E-state index in [2.05, 4.69) is 61.7 Å². The van der Waals surface area contributed by atoms with Crippen LogP contribution in [0.4, 0.5) is 0 Å². The van der Waals surface area contributed by atoms with Crippen molar-refractivity contribution in [3.8, 4) is 5.75 Å². The Hall–Kier alpha value is -2.26. The van der Waals surface area contributed by atoms with Crippen molar-refractivity contribution in [2.45, 2.75) is 40.0 Å². The first-order valence-corrected chi connectivity index (χ1v) is 8.11. The van der Waals surface area contributed by atoms with Crippen LogP contribution in [0.25, 0.3) is 10.9 Å². The van der Waals surface area contributed by atoms with Gasteiger partial charge >= 0.3 is 0 Å². The maximum absolute atomic E-state index is 6.01. The Morgan fingerprint density at radius 3 is 2.57 bits per heavy atom.